The molecule has 1 N–H and O–H groups in total. The van der Waals surface area contributed by atoms with E-state index in [-0.39, 0.29) is 36.3 Å². The largest absolute Gasteiger partial charge is 0.484 e. The monoisotopic (exact) mass is 427 g/mol. The van der Waals surface area contributed by atoms with Crippen LogP contribution in [0.5, 0.6) is 5.75 Å². The lowest BCUT2D eigenvalue weighted by Crippen LogP contribution is -2.55. The highest BCUT2D eigenvalue weighted by Gasteiger charge is 2.28. The standard InChI is InChI=1S/C24H30FN3O3/c1-17-6-4-5-7-22(17)18(2)26-24(30)19(3)27-12-14-28(15-13-27)23(29)16-31-21-10-8-20(25)9-11-21/h4-11,18-19H,12-16H2,1-3H3,(H,26,30). The summed E-state index contributed by atoms with van der Waals surface area (Å²) in [6.45, 7) is 8.16. The lowest BCUT2D eigenvalue weighted by Gasteiger charge is -2.37. The average Bonchev–Trinajstić information content (AvgIpc) is 2.78. The number of hydrogen-bond acceptors (Lipinski definition) is 4. The van der Waals surface area contributed by atoms with Crippen LogP contribution in [0, 0.1) is 12.7 Å². The van der Waals surface area contributed by atoms with Crippen LogP contribution >= 0.6 is 0 Å². The Bertz CT molecular complexity index is 895. The molecule has 1 aliphatic rings. The van der Waals surface area contributed by atoms with Crippen LogP contribution < -0.4 is 10.1 Å². The van der Waals surface area contributed by atoms with Gasteiger partial charge in [-0.15, -0.1) is 0 Å². The maximum absolute atomic E-state index is 12.9. The summed E-state index contributed by atoms with van der Waals surface area (Å²) in [6, 6.07) is 13.3. The molecule has 3 rings (SSSR count). The first kappa shape index (κ1) is 22.7. The fourth-order valence-corrected chi connectivity index (χ4v) is 3.78. The molecule has 0 spiro atoms. The number of halogens is 1. The molecule has 2 amide bonds. The van der Waals surface area contributed by atoms with Crippen molar-refractivity contribution in [3.8, 4) is 5.75 Å². The van der Waals surface area contributed by atoms with E-state index in [1.807, 2.05) is 45.0 Å². The van der Waals surface area contributed by atoms with Gasteiger partial charge in [0, 0.05) is 26.2 Å². The fraction of sp³-hybridized carbons (Fsp3) is 0.417. The van der Waals surface area contributed by atoms with E-state index in [0.717, 1.165) is 11.1 Å². The van der Waals surface area contributed by atoms with Gasteiger partial charge in [-0.2, -0.15) is 0 Å². The molecule has 0 aliphatic carbocycles. The van der Waals surface area contributed by atoms with Crippen LogP contribution in [0.4, 0.5) is 4.39 Å². The minimum Gasteiger partial charge on any atom is -0.484 e. The third-order valence-electron chi connectivity index (χ3n) is 5.78. The van der Waals surface area contributed by atoms with Crippen molar-refractivity contribution in [2.45, 2.75) is 32.9 Å². The average molecular weight is 428 g/mol. The zero-order chi connectivity index (χ0) is 22.4. The highest BCUT2D eigenvalue weighted by molar-refractivity contribution is 5.82. The fourth-order valence-electron chi connectivity index (χ4n) is 3.78. The molecule has 1 fully saturated rings. The molecule has 6 nitrogen and oxygen atoms in total. The van der Waals surface area contributed by atoms with Crippen LogP contribution in [0.2, 0.25) is 0 Å². The van der Waals surface area contributed by atoms with E-state index in [2.05, 4.69) is 10.2 Å². The zero-order valence-corrected chi connectivity index (χ0v) is 18.3. The Hall–Kier alpha value is -2.93. The molecule has 166 valence electrons. The number of amides is 2. The Morgan fingerprint density at radius 3 is 2.32 bits per heavy atom. The summed E-state index contributed by atoms with van der Waals surface area (Å²) in [5.74, 6) is -0.0212. The first-order chi connectivity index (χ1) is 14.8. The number of aryl methyl sites for hydroxylation is 1. The van der Waals surface area contributed by atoms with Gasteiger partial charge in [-0.3, -0.25) is 14.5 Å². The number of benzene rings is 2. The minimum atomic E-state index is -0.346. The maximum atomic E-state index is 12.9. The number of ether oxygens (including phenoxy) is 1. The van der Waals surface area contributed by atoms with Gasteiger partial charge in [0.25, 0.3) is 5.91 Å². The smallest absolute Gasteiger partial charge is 0.260 e. The lowest BCUT2D eigenvalue weighted by atomic mass is 10.0. The van der Waals surface area contributed by atoms with Gasteiger partial charge in [0.15, 0.2) is 6.61 Å². The van der Waals surface area contributed by atoms with Crippen molar-refractivity contribution in [3.63, 3.8) is 0 Å². The van der Waals surface area contributed by atoms with Gasteiger partial charge in [0.05, 0.1) is 12.1 Å². The summed E-state index contributed by atoms with van der Waals surface area (Å²) >= 11 is 0. The highest BCUT2D eigenvalue weighted by Crippen LogP contribution is 2.17. The van der Waals surface area contributed by atoms with E-state index >= 15 is 0 Å². The van der Waals surface area contributed by atoms with Gasteiger partial charge in [-0.25, -0.2) is 4.39 Å². The molecule has 2 aromatic carbocycles. The Morgan fingerprint density at radius 1 is 1.03 bits per heavy atom. The second-order valence-electron chi connectivity index (χ2n) is 7.92. The van der Waals surface area contributed by atoms with Crippen molar-refractivity contribution in [3.05, 3.63) is 65.5 Å². The lowest BCUT2D eigenvalue weighted by molar-refractivity contribution is -0.136. The molecule has 1 aliphatic heterocycles. The molecular weight excluding hydrogens is 397 g/mol. The van der Waals surface area contributed by atoms with Crippen LogP contribution in [0.15, 0.2) is 48.5 Å². The predicted molar refractivity (Wildman–Crippen MR) is 117 cm³/mol. The molecule has 7 heteroatoms. The second-order valence-corrected chi connectivity index (χ2v) is 7.92. The summed E-state index contributed by atoms with van der Waals surface area (Å²) in [5, 5.41) is 3.10. The van der Waals surface area contributed by atoms with Crippen molar-refractivity contribution in [1.82, 2.24) is 15.1 Å². The van der Waals surface area contributed by atoms with Crippen LogP contribution in [0.1, 0.15) is 31.0 Å². The zero-order valence-electron chi connectivity index (χ0n) is 18.3. The number of carbonyl (C=O) groups excluding carboxylic acids is 2. The summed E-state index contributed by atoms with van der Waals surface area (Å²) in [7, 11) is 0. The van der Waals surface area contributed by atoms with Crippen LogP contribution in [-0.2, 0) is 9.59 Å². The number of nitrogens with zero attached hydrogens (tertiary/aromatic N) is 2. The molecule has 1 heterocycles. The Kier molecular flexibility index (Phi) is 7.63. The molecule has 2 aromatic rings. The maximum Gasteiger partial charge on any atom is 0.260 e. The summed E-state index contributed by atoms with van der Waals surface area (Å²) < 4.78 is 18.4. The van der Waals surface area contributed by atoms with Crippen LogP contribution in [0.3, 0.4) is 0 Å². The Morgan fingerprint density at radius 2 is 1.68 bits per heavy atom. The molecule has 0 radical (unpaired) electrons. The second kappa shape index (κ2) is 10.4. The molecule has 2 atom stereocenters. The molecule has 0 bridgehead atoms. The van der Waals surface area contributed by atoms with Gasteiger partial charge in [0.2, 0.25) is 5.91 Å². The van der Waals surface area contributed by atoms with E-state index < -0.39 is 0 Å². The third-order valence-corrected chi connectivity index (χ3v) is 5.78. The van der Waals surface area contributed by atoms with Crippen LogP contribution in [-0.4, -0.2) is 60.4 Å². The van der Waals surface area contributed by atoms with Gasteiger partial charge in [-0.05, 0) is 56.2 Å². The van der Waals surface area contributed by atoms with E-state index in [1.54, 1.807) is 4.90 Å². The topological polar surface area (TPSA) is 61.9 Å². The van der Waals surface area contributed by atoms with Crippen molar-refractivity contribution >= 4 is 11.8 Å². The van der Waals surface area contributed by atoms with E-state index in [4.69, 9.17) is 4.74 Å². The first-order valence-corrected chi connectivity index (χ1v) is 10.6. The number of carbonyl (C=O) groups is 2. The number of piperazine rings is 1. The van der Waals surface area contributed by atoms with Gasteiger partial charge < -0.3 is 15.0 Å². The van der Waals surface area contributed by atoms with E-state index in [9.17, 15) is 14.0 Å². The number of rotatable bonds is 7. The summed E-state index contributed by atoms with van der Waals surface area (Å²) in [5.41, 5.74) is 2.26. The van der Waals surface area contributed by atoms with Gasteiger partial charge in [0.1, 0.15) is 11.6 Å². The van der Waals surface area contributed by atoms with Crippen molar-refractivity contribution in [2.75, 3.05) is 32.8 Å². The third kappa shape index (κ3) is 6.04. The van der Waals surface area contributed by atoms with E-state index in [1.165, 1.54) is 24.3 Å². The normalized spacial score (nSPS) is 16.5. The van der Waals surface area contributed by atoms with Gasteiger partial charge >= 0.3 is 0 Å². The highest BCUT2D eigenvalue weighted by atomic mass is 19.1. The Labute approximate surface area is 183 Å². The molecule has 31 heavy (non-hydrogen) atoms. The van der Waals surface area contributed by atoms with Crippen LogP contribution in [0.25, 0.3) is 0 Å². The van der Waals surface area contributed by atoms with Crippen molar-refractivity contribution < 1.29 is 18.7 Å². The summed E-state index contributed by atoms with van der Waals surface area (Å²) in [6.07, 6.45) is 0. The van der Waals surface area contributed by atoms with Gasteiger partial charge in [-0.1, -0.05) is 24.3 Å². The quantitative estimate of drug-likeness (QED) is 0.738. The first-order valence-electron chi connectivity index (χ1n) is 10.6. The minimum absolute atomic E-state index is 0.0184. The molecule has 2 unspecified atom stereocenters. The van der Waals surface area contributed by atoms with Crippen molar-refractivity contribution in [2.24, 2.45) is 0 Å². The van der Waals surface area contributed by atoms with Crippen molar-refractivity contribution in [1.29, 1.82) is 0 Å². The SMILES string of the molecule is Cc1ccccc1C(C)NC(=O)C(C)N1CCN(C(=O)COc2ccc(F)cc2)CC1. The summed E-state index contributed by atoms with van der Waals surface area (Å²) in [4.78, 5) is 29.0. The predicted octanol–water partition coefficient (Wildman–Crippen LogP) is 2.92. The molecule has 0 aromatic heterocycles. The molecule has 1 saturated heterocycles. The molecule has 0 saturated carbocycles. The Balaban J connectivity index is 1.44. The number of hydrogen-bond donors (Lipinski definition) is 1. The van der Waals surface area contributed by atoms with E-state index in [0.29, 0.717) is 31.9 Å². The molecular formula is C24H30FN3O3. The number of nitrogens with one attached hydrogen (secondary N) is 1.